The van der Waals surface area contributed by atoms with Crippen LogP contribution < -0.4 is 5.32 Å². The lowest BCUT2D eigenvalue weighted by Gasteiger charge is -2.33. The minimum atomic E-state index is -0.762. The summed E-state index contributed by atoms with van der Waals surface area (Å²) in [6, 6.07) is -0.101. The van der Waals surface area contributed by atoms with Gasteiger partial charge in [-0.2, -0.15) is 0 Å². The Balaban J connectivity index is 1.88. The molecule has 1 aliphatic carbocycles. The minimum Gasteiger partial charge on any atom is -0.481 e. The molecule has 0 aromatic rings. The highest BCUT2D eigenvalue weighted by Crippen LogP contribution is 2.36. The van der Waals surface area contributed by atoms with Gasteiger partial charge >= 0.3 is 12.0 Å². The van der Waals surface area contributed by atoms with Crippen LogP contribution in [0, 0.1) is 11.3 Å². The molecule has 2 aliphatic rings. The van der Waals surface area contributed by atoms with Crippen molar-refractivity contribution in [1.82, 2.24) is 10.2 Å². The van der Waals surface area contributed by atoms with Crippen molar-refractivity contribution in [2.24, 2.45) is 11.3 Å². The minimum absolute atomic E-state index is 0.101. The Morgan fingerprint density at radius 2 is 2.00 bits per heavy atom. The highest BCUT2D eigenvalue weighted by molar-refractivity contribution is 5.78. The molecule has 0 radical (unpaired) electrons. The van der Waals surface area contributed by atoms with Crippen molar-refractivity contribution in [3.63, 3.8) is 0 Å². The third-order valence-corrected chi connectivity index (χ3v) is 4.55. The number of nitrogens with one attached hydrogen (secondary N) is 1. The Labute approximate surface area is 114 Å². The monoisotopic (exact) mass is 268 g/mol. The van der Waals surface area contributed by atoms with Crippen molar-refractivity contribution in [2.45, 2.75) is 45.4 Å². The Bertz CT molecular complexity index is 351. The Kier molecular flexibility index (Phi) is 4.32. The zero-order valence-corrected chi connectivity index (χ0v) is 11.7. The second-order valence-electron chi connectivity index (χ2n) is 6.14. The number of amides is 2. The van der Waals surface area contributed by atoms with Gasteiger partial charge in [0.05, 0.1) is 5.41 Å². The normalized spacial score (nSPS) is 26.2. The van der Waals surface area contributed by atoms with Gasteiger partial charge in [-0.05, 0) is 25.2 Å². The van der Waals surface area contributed by atoms with E-state index < -0.39 is 11.4 Å². The fourth-order valence-electron chi connectivity index (χ4n) is 3.17. The summed E-state index contributed by atoms with van der Waals surface area (Å²) in [6.07, 6.45) is 5.40. The molecule has 108 valence electrons. The van der Waals surface area contributed by atoms with Gasteiger partial charge in [0.2, 0.25) is 0 Å². The average Bonchev–Trinajstić information content (AvgIpc) is 2.83. The van der Waals surface area contributed by atoms with Gasteiger partial charge in [0, 0.05) is 19.6 Å². The zero-order valence-electron chi connectivity index (χ0n) is 11.7. The molecule has 0 spiro atoms. The summed E-state index contributed by atoms with van der Waals surface area (Å²) < 4.78 is 0. The fraction of sp³-hybridized carbons (Fsp3) is 0.857. The SMILES string of the molecule is CC1CCN(C(=O)NCC2(C(=O)O)CCCCC2)C1. The number of hydrogen-bond donors (Lipinski definition) is 2. The van der Waals surface area contributed by atoms with Crippen LogP contribution in [0.5, 0.6) is 0 Å². The van der Waals surface area contributed by atoms with Gasteiger partial charge in [0.1, 0.15) is 0 Å². The first-order chi connectivity index (χ1) is 9.03. The van der Waals surface area contributed by atoms with Crippen molar-refractivity contribution in [3.05, 3.63) is 0 Å². The van der Waals surface area contributed by atoms with E-state index in [0.717, 1.165) is 38.8 Å². The predicted octanol–water partition coefficient (Wildman–Crippen LogP) is 2.07. The van der Waals surface area contributed by atoms with Gasteiger partial charge in [-0.3, -0.25) is 4.79 Å². The smallest absolute Gasteiger partial charge is 0.317 e. The second kappa shape index (κ2) is 5.80. The largest absolute Gasteiger partial charge is 0.481 e. The molecule has 1 unspecified atom stereocenters. The summed E-state index contributed by atoms with van der Waals surface area (Å²) in [5.74, 6) is -0.212. The predicted molar refractivity (Wildman–Crippen MR) is 71.9 cm³/mol. The number of rotatable bonds is 3. The van der Waals surface area contributed by atoms with Gasteiger partial charge in [0.25, 0.3) is 0 Å². The Morgan fingerprint density at radius 1 is 1.32 bits per heavy atom. The molecule has 2 fully saturated rings. The van der Waals surface area contributed by atoms with Gasteiger partial charge in [-0.15, -0.1) is 0 Å². The molecule has 19 heavy (non-hydrogen) atoms. The highest BCUT2D eigenvalue weighted by Gasteiger charge is 2.40. The number of nitrogens with zero attached hydrogens (tertiary/aromatic N) is 1. The number of carboxylic acid groups (broad SMARTS) is 1. The molecule has 1 atom stereocenters. The molecule has 0 bridgehead atoms. The quantitative estimate of drug-likeness (QED) is 0.823. The first-order valence-electron chi connectivity index (χ1n) is 7.30. The Morgan fingerprint density at radius 3 is 2.53 bits per heavy atom. The molecule has 1 aliphatic heterocycles. The molecule has 2 amide bonds. The van der Waals surface area contributed by atoms with E-state index in [1.54, 1.807) is 4.90 Å². The van der Waals surface area contributed by atoms with E-state index in [9.17, 15) is 14.7 Å². The van der Waals surface area contributed by atoms with Gasteiger partial charge in [-0.25, -0.2) is 4.79 Å². The maximum atomic E-state index is 12.0. The van der Waals surface area contributed by atoms with Crippen molar-refractivity contribution < 1.29 is 14.7 Å². The summed E-state index contributed by atoms with van der Waals surface area (Å²) in [5.41, 5.74) is -0.737. The molecule has 2 N–H and O–H groups in total. The summed E-state index contributed by atoms with van der Waals surface area (Å²) in [4.78, 5) is 25.3. The molecule has 1 saturated carbocycles. The van der Waals surface area contributed by atoms with Gasteiger partial charge in [0.15, 0.2) is 0 Å². The topological polar surface area (TPSA) is 69.6 Å². The van der Waals surface area contributed by atoms with Gasteiger partial charge < -0.3 is 15.3 Å². The van der Waals surface area contributed by atoms with Crippen LogP contribution in [0.2, 0.25) is 0 Å². The number of likely N-dealkylation sites (tertiary alicyclic amines) is 1. The molecule has 0 aromatic heterocycles. The van der Waals surface area contributed by atoms with E-state index in [1.165, 1.54) is 0 Å². The van der Waals surface area contributed by atoms with E-state index in [2.05, 4.69) is 12.2 Å². The lowest BCUT2D eigenvalue weighted by atomic mass is 9.74. The number of hydrogen-bond acceptors (Lipinski definition) is 2. The molecular formula is C14H24N2O3. The van der Waals surface area contributed by atoms with Crippen molar-refractivity contribution >= 4 is 12.0 Å². The van der Waals surface area contributed by atoms with Gasteiger partial charge in [-0.1, -0.05) is 26.2 Å². The zero-order chi connectivity index (χ0) is 13.9. The van der Waals surface area contributed by atoms with Crippen molar-refractivity contribution in [1.29, 1.82) is 0 Å². The van der Waals surface area contributed by atoms with Crippen LogP contribution in [0.1, 0.15) is 45.4 Å². The number of carbonyl (C=O) groups is 2. The standard InChI is InChI=1S/C14H24N2O3/c1-11-5-8-16(9-11)13(19)15-10-14(12(17)18)6-3-2-4-7-14/h11H,2-10H2,1H3,(H,15,19)(H,17,18). The number of carbonyl (C=O) groups excluding carboxylic acids is 1. The van der Waals surface area contributed by atoms with Crippen LogP contribution in [0.25, 0.3) is 0 Å². The van der Waals surface area contributed by atoms with E-state index in [4.69, 9.17) is 0 Å². The van der Waals surface area contributed by atoms with Crippen LogP contribution in [-0.2, 0) is 4.79 Å². The third-order valence-electron chi connectivity index (χ3n) is 4.55. The lowest BCUT2D eigenvalue weighted by molar-refractivity contribution is -0.150. The van der Waals surface area contributed by atoms with E-state index in [-0.39, 0.29) is 12.6 Å². The lowest BCUT2D eigenvalue weighted by Crippen LogP contribution is -2.48. The average molecular weight is 268 g/mol. The molecular weight excluding hydrogens is 244 g/mol. The molecule has 2 rings (SSSR count). The maximum absolute atomic E-state index is 12.0. The van der Waals surface area contributed by atoms with Crippen molar-refractivity contribution in [2.75, 3.05) is 19.6 Å². The highest BCUT2D eigenvalue weighted by atomic mass is 16.4. The first-order valence-corrected chi connectivity index (χ1v) is 7.30. The van der Waals surface area contributed by atoms with Crippen LogP contribution in [0.4, 0.5) is 4.79 Å². The number of urea groups is 1. The van der Waals surface area contributed by atoms with E-state index >= 15 is 0 Å². The summed E-state index contributed by atoms with van der Waals surface area (Å²) in [6.45, 7) is 3.97. The molecule has 1 heterocycles. The number of carboxylic acids is 1. The van der Waals surface area contributed by atoms with E-state index in [1.807, 2.05) is 0 Å². The molecule has 5 heteroatoms. The summed E-state index contributed by atoms with van der Waals surface area (Å²) in [7, 11) is 0. The first kappa shape index (κ1) is 14.2. The number of aliphatic carboxylic acids is 1. The molecule has 5 nitrogen and oxygen atoms in total. The van der Waals surface area contributed by atoms with Crippen LogP contribution in [-0.4, -0.2) is 41.6 Å². The fourth-order valence-corrected chi connectivity index (χ4v) is 3.17. The molecule has 0 aromatic carbocycles. The Hall–Kier alpha value is -1.26. The summed E-state index contributed by atoms with van der Waals surface area (Å²) in [5, 5.41) is 12.3. The van der Waals surface area contributed by atoms with Crippen molar-refractivity contribution in [3.8, 4) is 0 Å². The maximum Gasteiger partial charge on any atom is 0.317 e. The van der Waals surface area contributed by atoms with Crippen LogP contribution in [0.15, 0.2) is 0 Å². The van der Waals surface area contributed by atoms with Crippen LogP contribution >= 0.6 is 0 Å². The van der Waals surface area contributed by atoms with Crippen LogP contribution in [0.3, 0.4) is 0 Å². The summed E-state index contributed by atoms with van der Waals surface area (Å²) >= 11 is 0. The molecule has 1 saturated heterocycles. The van der Waals surface area contributed by atoms with E-state index in [0.29, 0.717) is 18.8 Å². The second-order valence-corrected chi connectivity index (χ2v) is 6.14. The third kappa shape index (κ3) is 3.19.